The van der Waals surface area contributed by atoms with E-state index in [4.69, 9.17) is 10.00 Å². The summed E-state index contributed by atoms with van der Waals surface area (Å²) in [6.07, 6.45) is 2.13. The van der Waals surface area contributed by atoms with E-state index < -0.39 is 0 Å². The second-order valence-corrected chi connectivity index (χ2v) is 3.32. The van der Waals surface area contributed by atoms with E-state index in [9.17, 15) is 0 Å². The van der Waals surface area contributed by atoms with Crippen LogP contribution in [0.1, 0.15) is 30.9 Å². The topological polar surface area (TPSA) is 33.0 Å². The molecule has 0 aliphatic heterocycles. The van der Waals surface area contributed by atoms with E-state index >= 15 is 0 Å². The molecule has 0 aliphatic carbocycles. The highest BCUT2D eigenvalue weighted by atomic mass is 16.5. The Kier molecular flexibility index (Phi) is 4.43. The van der Waals surface area contributed by atoms with Crippen LogP contribution in [0.2, 0.25) is 0 Å². The third-order valence-electron chi connectivity index (χ3n) is 2.09. The number of hydrogen-bond donors (Lipinski definition) is 0. The maximum absolute atomic E-state index is 8.74. The minimum absolute atomic E-state index is 0.632. The second kappa shape index (κ2) is 5.87. The van der Waals surface area contributed by atoms with Gasteiger partial charge in [-0.05, 0) is 18.6 Å². The Bertz CT molecular complexity index is 376. The van der Waals surface area contributed by atoms with Crippen molar-refractivity contribution in [1.82, 2.24) is 0 Å². The van der Waals surface area contributed by atoms with Gasteiger partial charge in [0, 0.05) is 5.56 Å². The Labute approximate surface area is 90.8 Å². The number of hydrogen-bond acceptors (Lipinski definition) is 2. The van der Waals surface area contributed by atoms with Crippen LogP contribution in [0.25, 0.3) is 5.76 Å². The first-order chi connectivity index (χ1) is 7.27. The molecule has 2 heteroatoms. The highest BCUT2D eigenvalue weighted by Crippen LogP contribution is 2.15. The van der Waals surface area contributed by atoms with Crippen LogP contribution in [0.15, 0.2) is 30.8 Å². The predicted molar refractivity (Wildman–Crippen MR) is 61.1 cm³/mol. The van der Waals surface area contributed by atoms with Crippen molar-refractivity contribution < 1.29 is 4.74 Å². The predicted octanol–water partition coefficient (Wildman–Crippen LogP) is 3.35. The van der Waals surface area contributed by atoms with Gasteiger partial charge in [0.05, 0.1) is 18.2 Å². The molecule has 0 amide bonds. The van der Waals surface area contributed by atoms with Crippen LogP contribution in [-0.4, -0.2) is 6.61 Å². The normalized spacial score (nSPS) is 9.33. The summed E-state index contributed by atoms with van der Waals surface area (Å²) in [7, 11) is 0. The molecule has 1 aromatic rings. The Morgan fingerprint density at radius 2 is 2.33 bits per heavy atom. The van der Waals surface area contributed by atoms with E-state index in [1.165, 1.54) is 0 Å². The zero-order valence-electron chi connectivity index (χ0n) is 8.99. The van der Waals surface area contributed by atoms with Crippen molar-refractivity contribution in [1.29, 1.82) is 5.26 Å². The van der Waals surface area contributed by atoms with Crippen molar-refractivity contribution in [3.63, 3.8) is 0 Å². The smallest absolute Gasteiger partial charge is 0.119 e. The Morgan fingerprint density at radius 3 is 3.00 bits per heavy atom. The van der Waals surface area contributed by atoms with Crippen LogP contribution in [-0.2, 0) is 4.74 Å². The van der Waals surface area contributed by atoms with Crippen LogP contribution in [0, 0.1) is 11.3 Å². The van der Waals surface area contributed by atoms with Crippen LogP contribution >= 0.6 is 0 Å². The van der Waals surface area contributed by atoms with Gasteiger partial charge in [-0.1, -0.05) is 32.1 Å². The molecule has 0 saturated carbocycles. The Morgan fingerprint density at radius 1 is 1.53 bits per heavy atom. The zero-order valence-corrected chi connectivity index (χ0v) is 8.99. The number of unbranched alkanes of at least 4 members (excludes halogenated alkanes) is 1. The van der Waals surface area contributed by atoms with Gasteiger partial charge in [-0.3, -0.25) is 0 Å². The van der Waals surface area contributed by atoms with Crippen molar-refractivity contribution in [3.8, 4) is 6.07 Å². The van der Waals surface area contributed by atoms with Crippen molar-refractivity contribution in [2.45, 2.75) is 19.8 Å². The summed E-state index contributed by atoms with van der Waals surface area (Å²) in [5.41, 5.74) is 1.51. The van der Waals surface area contributed by atoms with Crippen LogP contribution < -0.4 is 0 Å². The average molecular weight is 201 g/mol. The minimum atomic E-state index is 0.632. The summed E-state index contributed by atoms with van der Waals surface area (Å²) < 4.78 is 5.46. The van der Waals surface area contributed by atoms with Gasteiger partial charge < -0.3 is 4.74 Å². The number of nitrogens with zero attached hydrogens (tertiary/aromatic N) is 1. The number of ether oxygens (including phenoxy) is 1. The molecule has 15 heavy (non-hydrogen) atoms. The van der Waals surface area contributed by atoms with Gasteiger partial charge in [0.15, 0.2) is 0 Å². The number of rotatable bonds is 5. The highest BCUT2D eigenvalue weighted by molar-refractivity contribution is 5.59. The van der Waals surface area contributed by atoms with E-state index in [-0.39, 0.29) is 0 Å². The fourth-order valence-corrected chi connectivity index (χ4v) is 1.19. The van der Waals surface area contributed by atoms with Crippen molar-refractivity contribution >= 4 is 5.76 Å². The van der Waals surface area contributed by atoms with E-state index in [1.54, 1.807) is 12.1 Å². The molecule has 2 nitrogen and oxygen atoms in total. The lowest BCUT2D eigenvalue weighted by Crippen LogP contribution is -1.93. The van der Waals surface area contributed by atoms with Crippen molar-refractivity contribution in [2.75, 3.05) is 6.61 Å². The summed E-state index contributed by atoms with van der Waals surface area (Å²) in [6, 6.07) is 9.38. The van der Waals surface area contributed by atoms with Crippen molar-refractivity contribution in [3.05, 3.63) is 42.0 Å². The molecule has 0 atom stereocenters. The average Bonchev–Trinajstić information content (AvgIpc) is 2.29. The molecule has 0 spiro atoms. The molecule has 1 aromatic carbocycles. The molecular formula is C13H15NO. The summed E-state index contributed by atoms with van der Waals surface area (Å²) >= 11 is 0. The first-order valence-corrected chi connectivity index (χ1v) is 5.10. The quantitative estimate of drug-likeness (QED) is 0.540. The molecule has 0 aromatic heterocycles. The van der Waals surface area contributed by atoms with Crippen molar-refractivity contribution in [2.24, 2.45) is 0 Å². The largest absolute Gasteiger partial charge is 0.494 e. The summed E-state index contributed by atoms with van der Waals surface area (Å²) in [6.45, 7) is 6.64. The van der Waals surface area contributed by atoms with E-state index in [2.05, 4.69) is 19.6 Å². The molecule has 0 fully saturated rings. The Balaban J connectivity index is 2.62. The van der Waals surface area contributed by atoms with Crippen LogP contribution in [0.5, 0.6) is 0 Å². The molecule has 0 radical (unpaired) electrons. The molecule has 0 heterocycles. The van der Waals surface area contributed by atoms with Gasteiger partial charge in [-0.25, -0.2) is 0 Å². The lowest BCUT2D eigenvalue weighted by Gasteiger charge is -2.08. The van der Waals surface area contributed by atoms with E-state index in [0.717, 1.165) is 18.4 Å². The zero-order chi connectivity index (χ0) is 11.1. The first kappa shape index (κ1) is 11.3. The summed E-state index contributed by atoms with van der Waals surface area (Å²) in [4.78, 5) is 0. The van der Waals surface area contributed by atoms with Gasteiger partial charge in [-0.15, -0.1) is 0 Å². The van der Waals surface area contributed by atoms with Crippen LogP contribution in [0.4, 0.5) is 0 Å². The molecular weight excluding hydrogens is 186 g/mol. The number of nitriles is 1. The summed E-state index contributed by atoms with van der Waals surface area (Å²) in [5.74, 6) is 0.639. The molecule has 0 bridgehead atoms. The first-order valence-electron chi connectivity index (χ1n) is 5.10. The van der Waals surface area contributed by atoms with Gasteiger partial charge >= 0.3 is 0 Å². The third-order valence-corrected chi connectivity index (χ3v) is 2.09. The van der Waals surface area contributed by atoms with Gasteiger partial charge in [-0.2, -0.15) is 5.26 Å². The lowest BCUT2D eigenvalue weighted by molar-refractivity contribution is 0.271. The molecule has 0 unspecified atom stereocenters. The molecule has 0 N–H and O–H groups in total. The van der Waals surface area contributed by atoms with Gasteiger partial charge in [0.1, 0.15) is 5.76 Å². The van der Waals surface area contributed by atoms with Gasteiger partial charge in [0.25, 0.3) is 0 Å². The molecule has 78 valence electrons. The standard InChI is InChI=1S/C13H15NO/c1-3-4-8-15-11(2)13-7-5-6-12(9-13)10-14/h5-7,9H,2-4,8H2,1H3. The lowest BCUT2D eigenvalue weighted by atomic mass is 10.1. The SMILES string of the molecule is C=C(OCCCC)c1cccc(C#N)c1. The maximum atomic E-state index is 8.74. The maximum Gasteiger partial charge on any atom is 0.119 e. The fourth-order valence-electron chi connectivity index (χ4n) is 1.19. The van der Waals surface area contributed by atoms with E-state index in [1.807, 2.05) is 12.1 Å². The minimum Gasteiger partial charge on any atom is -0.494 e. The molecule has 0 aliphatic rings. The van der Waals surface area contributed by atoms with E-state index in [0.29, 0.717) is 17.9 Å². The second-order valence-electron chi connectivity index (χ2n) is 3.32. The van der Waals surface area contributed by atoms with Gasteiger partial charge in [0.2, 0.25) is 0 Å². The number of benzene rings is 1. The Hall–Kier alpha value is -1.75. The fraction of sp³-hybridized carbons (Fsp3) is 0.308. The molecule has 1 rings (SSSR count). The highest BCUT2D eigenvalue weighted by Gasteiger charge is 2.00. The monoisotopic (exact) mass is 201 g/mol. The molecule has 0 saturated heterocycles. The summed E-state index contributed by atoms with van der Waals surface area (Å²) in [5, 5.41) is 8.74. The van der Waals surface area contributed by atoms with Crippen LogP contribution in [0.3, 0.4) is 0 Å². The third kappa shape index (κ3) is 3.47.